The first-order chi connectivity index (χ1) is 30.3. The van der Waals surface area contributed by atoms with Crippen LogP contribution >= 0.6 is 0 Å². The maximum Gasteiger partial charge on any atom is 0.412 e. The van der Waals surface area contributed by atoms with Gasteiger partial charge in [-0.1, -0.05) is 81.4 Å². The van der Waals surface area contributed by atoms with Crippen molar-refractivity contribution in [3.63, 3.8) is 0 Å². The largest absolute Gasteiger partial charge is 0.412 e. The van der Waals surface area contributed by atoms with Crippen molar-refractivity contribution in [2.45, 2.75) is 137 Å². The van der Waals surface area contributed by atoms with E-state index in [4.69, 9.17) is 32.4 Å². The Kier molecular flexibility index (Phi) is 10.3. The molecular formula is C49H59N7O8. The minimum absolute atomic E-state index is 0.151. The summed E-state index contributed by atoms with van der Waals surface area (Å²) in [5, 5.41) is 0. The van der Waals surface area contributed by atoms with Crippen molar-refractivity contribution in [2.75, 3.05) is 18.0 Å². The number of carbonyl (C=O) groups excluding carboxylic acids is 6. The molecule has 338 valence electrons. The van der Waals surface area contributed by atoms with Crippen molar-refractivity contribution in [3.05, 3.63) is 101 Å². The third-order valence-electron chi connectivity index (χ3n) is 16.8. The summed E-state index contributed by atoms with van der Waals surface area (Å²) in [6.07, 6.45) is 2.99. The molecule has 0 spiro atoms. The summed E-state index contributed by atoms with van der Waals surface area (Å²) in [5.41, 5.74) is 21.8. The molecule has 8 aliphatic rings. The molecule has 15 nitrogen and oxygen atoms in total. The van der Waals surface area contributed by atoms with Crippen LogP contribution in [-0.4, -0.2) is 93.6 Å². The molecule has 3 saturated heterocycles. The Morgan fingerprint density at radius 2 is 1.08 bits per heavy atom. The number of esters is 2. The summed E-state index contributed by atoms with van der Waals surface area (Å²) >= 11 is 0. The number of likely N-dealkylation sites (tertiary alicyclic amines) is 2. The first kappa shape index (κ1) is 43.5. The highest BCUT2D eigenvalue weighted by Gasteiger charge is 2.72. The van der Waals surface area contributed by atoms with E-state index in [-0.39, 0.29) is 31.3 Å². The van der Waals surface area contributed by atoms with Crippen molar-refractivity contribution in [1.29, 1.82) is 0 Å². The maximum atomic E-state index is 14.9. The van der Waals surface area contributed by atoms with Gasteiger partial charge in [-0.15, -0.1) is 0 Å². The van der Waals surface area contributed by atoms with E-state index in [9.17, 15) is 28.8 Å². The van der Waals surface area contributed by atoms with Crippen molar-refractivity contribution in [2.24, 2.45) is 28.9 Å². The number of anilines is 1. The van der Waals surface area contributed by atoms with Crippen LogP contribution in [0.1, 0.15) is 106 Å². The maximum absolute atomic E-state index is 14.9. The molecule has 3 aromatic carbocycles. The lowest BCUT2D eigenvalue weighted by Gasteiger charge is -2.58. The third-order valence-corrected chi connectivity index (χ3v) is 16.8. The molecule has 64 heavy (non-hydrogen) atoms. The number of benzene rings is 3. The molecule has 8 N–H and O–H groups in total. The van der Waals surface area contributed by atoms with Crippen LogP contribution in [0.5, 0.6) is 0 Å². The van der Waals surface area contributed by atoms with Gasteiger partial charge in [0.25, 0.3) is 11.8 Å². The number of fused-ring (bicyclic) bond motifs is 6. The number of ether oxygens (including phenoxy) is 2. The summed E-state index contributed by atoms with van der Waals surface area (Å²) in [6, 6.07) is 22.4. The molecule has 15 heteroatoms. The van der Waals surface area contributed by atoms with E-state index in [0.717, 1.165) is 29.7 Å². The lowest BCUT2D eigenvalue weighted by molar-refractivity contribution is -0.167. The molecule has 3 aromatic rings. The summed E-state index contributed by atoms with van der Waals surface area (Å²) in [4.78, 5) is 89.9. The van der Waals surface area contributed by atoms with Crippen molar-refractivity contribution in [1.82, 2.24) is 9.80 Å². The highest BCUT2D eigenvalue weighted by atomic mass is 16.6. The Morgan fingerprint density at radius 3 is 1.52 bits per heavy atom. The number of primary amides is 4. The van der Waals surface area contributed by atoms with Crippen LogP contribution in [0.2, 0.25) is 0 Å². The minimum atomic E-state index is -2.18. The van der Waals surface area contributed by atoms with Crippen LogP contribution in [0.3, 0.4) is 0 Å². The number of rotatable bonds is 12. The van der Waals surface area contributed by atoms with E-state index in [1.54, 1.807) is 0 Å². The van der Waals surface area contributed by atoms with Crippen LogP contribution < -0.4 is 27.8 Å². The topological polar surface area (TPSA) is 235 Å². The number of amides is 4. The van der Waals surface area contributed by atoms with Gasteiger partial charge in [0, 0.05) is 47.7 Å². The molecule has 4 bridgehead atoms. The molecule has 4 fully saturated rings. The SMILES string of the molecule is CC1CC(C2CCCN2[C@@](C(N)=O)(C(=O)OC(N)=O)C2(C)Cc3ccc2cc3)N(c2ccc(C3CC3)cc2)[C@@]1(C)C1CCCN1[C@@](C(N)=O)(C(=O)OC(N)=O)C1(C)Cc2ccc1cc2. The number of nitrogens with two attached hydrogens (primary N) is 4. The molecule has 9 atom stereocenters. The Labute approximate surface area is 373 Å². The van der Waals surface area contributed by atoms with Crippen molar-refractivity contribution in [3.8, 4) is 0 Å². The van der Waals surface area contributed by atoms with Gasteiger partial charge >= 0.3 is 24.1 Å². The zero-order valence-corrected chi connectivity index (χ0v) is 37.0. The van der Waals surface area contributed by atoms with E-state index in [2.05, 4.69) is 43.0 Å². The van der Waals surface area contributed by atoms with Gasteiger partial charge in [0.1, 0.15) is 0 Å². The van der Waals surface area contributed by atoms with Crippen LogP contribution in [0.15, 0.2) is 72.8 Å². The second-order valence-electron chi connectivity index (χ2n) is 19.9. The van der Waals surface area contributed by atoms with Crippen LogP contribution in [0.25, 0.3) is 0 Å². The minimum Gasteiger partial charge on any atom is -0.375 e. The molecule has 3 aliphatic heterocycles. The molecule has 11 rings (SSSR count). The van der Waals surface area contributed by atoms with E-state index in [1.807, 2.05) is 72.2 Å². The molecular weight excluding hydrogens is 815 g/mol. The van der Waals surface area contributed by atoms with E-state index in [0.29, 0.717) is 55.7 Å². The zero-order chi connectivity index (χ0) is 45.7. The van der Waals surface area contributed by atoms with Crippen LogP contribution in [0.4, 0.5) is 15.3 Å². The highest BCUT2D eigenvalue weighted by molar-refractivity contribution is 6.12. The van der Waals surface area contributed by atoms with E-state index in [1.165, 1.54) is 5.56 Å². The standard InChI is InChI=1S/C49H59N7O8/c1-28-25-37(36-7-5-23-54(36)48(39(50)57,41(59)63-43(52)61)45(2)26-29-9-17-33(45)18-10-29)56(35-21-15-32(16-22-35)31-13-14-31)47(28,4)38-8-6-24-55(38)49(40(51)58,42(60)64-44(53)62)46(3)27-30-11-19-34(46)20-12-30/h9-12,15-22,28,31,36-38H,5-8,13-14,23-27H2,1-4H3,(H2,50,57)(H2,51,58)(H2,52,61)(H2,53,62)/t28?,36?,37?,38?,45?,46?,47-,48+,49+/m1/s1. The van der Waals surface area contributed by atoms with Gasteiger partial charge in [-0.2, -0.15) is 0 Å². The predicted octanol–water partition coefficient (Wildman–Crippen LogP) is 4.19. The van der Waals surface area contributed by atoms with E-state index < -0.39 is 75.5 Å². The summed E-state index contributed by atoms with van der Waals surface area (Å²) in [5.74, 6) is -3.80. The first-order valence-corrected chi connectivity index (χ1v) is 22.6. The molecule has 3 heterocycles. The average molecular weight is 874 g/mol. The predicted molar refractivity (Wildman–Crippen MR) is 237 cm³/mol. The van der Waals surface area contributed by atoms with Gasteiger partial charge in [-0.05, 0) is 116 Å². The van der Waals surface area contributed by atoms with Crippen molar-refractivity contribution < 1.29 is 38.2 Å². The Morgan fingerprint density at radius 1 is 0.609 bits per heavy atom. The van der Waals surface area contributed by atoms with Crippen molar-refractivity contribution >= 4 is 41.6 Å². The Hall–Kier alpha value is -5.80. The first-order valence-electron chi connectivity index (χ1n) is 22.6. The van der Waals surface area contributed by atoms with E-state index >= 15 is 0 Å². The molecule has 6 unspecified atom stereocenters. The zero-order valence-electron chi connectivity index (χ0n) is 37.0. The molecule has 5 aliphatic carbocycles. The number of hydrogen-bond acceptors (Lipinski definition) is 11. The van der Waals surface area contributed by atoms with Gasteiger partial charge in [0.2, 0.25) is 11.1 Å². The van der Waals surface area contributed by atoms with Gasteiger partial charge in [0.15, 0.2) is 0 Å². The lowest BCUT2D eigenvalue weighted by atomic mass is 9.58. The summed E-state index contributed by atoms with van der Waals surface area (Å²) < 4.78 is 10.6. The molecule has 0 radical (unpaired) electrons. The summed E-state index contributed by atoms with van der Waals surface area (Å²) in [6.45, 7) is 8.55. The summed E-state index contributed by atoms with van der Waals surface area (Å²) in [7, 11) is 0. The lowest BCUT2D eigenvalue weighted by Crippen LogP contribution is -2.78. The van der Waals surface area contributed by atoms with Gasteiger partial charge in [-0.3, -0.25) is 19.4 Å². The quantitative estimate of drug-likeness (QED) is 0.149. The second-order valence-corrected chi connectivity index (χ2v) is 19.9. The molecule has 4 amide bonds. The second kappa shape index (κ2) is 15.2. The fraction of sp³-hybridized carbons (Fsp3) is 0.510. The fourth-order valence-corrected chi connectivity index (χ4v) is 13.6. The monoisotopic (exact) mass is 873 g/mol. The number of nitrogens with zero attached hydrogens (tertiary/aromatic N) is 3. The fourth-order valence-electron chi connectivity index (χ4n) is 13.6. The van der Waals surface area contributed by atoms with Crippen LogP contribution in [-0.2, 0) is 52.3 Å². The highest BCUT2D eigenvalue weighted by Crippen LogP contribution is 2.57. The van der Waals surface area contributed by atoms with Gasteiger partial charge < -0.3 is 37.3 Å². The Balaban J connectivity index is 1.22. The number of carbonyl (C=O) groups is 6. The smallest absolute Gasteiger partial charge is 0.375 e. The molecule has 0 aromatic heterocycles. The number of hydrogen-bond donors (Lipinski definition) is 4. The van der Waals surface area contributed by atoms with Gasteiger partial charge in [-0.25, -0.2) is 19.2 Å². The van der Waals surface area contributed by atoms with Gasteiger partial charge in [0.05, 0.1) is 5.54 Å². The van der Waals surface area contributed by atoms with Crippen LogP contribution in [0, 0.1) is 5.92 Å². The third kappa shape index (κ3) is 5.98. The molecule has 1 saturated carbocycles. The normalized spacial score (nSPS) is 31.6. The average Bonchev–Trinajstić information content (AvgIpc) is 3.65. The Bertz CT molecular complexity index is 2430.